The van der Waals surface area contributed by atoms with Crippen molar-refractivity contribution in [2.45, 2.75) is 37.8 Å². The number of benzene rings is 1. The van der Waals surface area contributed by atoms with Gasteiger partial charge in [0.2, 0.25) is 0 Å². The van der Waals surface area contributed by atoms with Gasteiger partial charge in [-0.3, -0.25) is 0 Å². The molecule has 1 heterocycles. The van der Waals surface area contributed by atoms with Gasteiger partial charge in [0.1, 0.15) is 11.5 Å². The van der Waals surface area contributed by atoms with Gasteiger partial charge < -0.3 is 19.9 Å². The Morgan fingerprint density at radius 1 is 1.35 bits per heavy atom. The van der Waals surface area contributed by atoms with E-state index in [2.05, 4.69) is 11.4 Å². The number of fused-ring (bicyclic) bond motifs is 1. The van der Waals surface area contributed by atoms with Crippen LogP contribution in [0.15, 0.2) is 18.2 Å². The van der Waals surface area contributed by atoms with Gasteiger partial charge in [-0.25, -0.2) is 0 Å². The lowest BCUT2D eigenvalue weighted by atomic mass is 9.98. The van der Waals surface area contributed by atoms with Crippen molar-refractivity contribution in [2.75, 3.05) is 20.3 Å². The Morgan fingerprint density at radius 3 is 3.00 bits per heavy atom. The predicted octanol–water partition coefficient (Wildman–Crippen LogP) is 2.27. The van der Waals surface area contributed by atoms with Crippen LogP contribution in [0.2, 0.25) is 0 Å². The molecular formula is C16H23NO3. The Balaban J connectivity index is 1.69. The van der Waals surface area contributed by atoms with Crippen molar-refractivity contribution in [1.29, 1.82) is 0 Å². The van der Waals surface area contributed by atoms with Gasteiger partial charge in [-0.05, 0) is 37.0 Å². The SMILES string of the molecule is COc1ccc2c(c1)C(NCC1CCCC1O)CCO2. The van der Waals surface area contributed by atoms with Gasteiger partial charge in [-0.2, -0.15) is 0 Å². The van der Waals surface area contributed by atoms with Crippen LogP contribution in [0.3, 0.4) is 0 Å². The summed E-state index contributed by atoms with van der Waals surface area (Å²) < 4.78 is 11.0. The van der Waals surface area contributed by atoms with Gasteiger partial charge in [-0.15, -0.1) is 0 Å². The lowest BCUT2D eigenvalue weighted by Gasteiger charge is -2.28. The van der Waals surface area contributed by atoms with Crippen LogP contribution in [-0.2, 0) is 0 Å². The van der Waals surface area contributed by atoms with Crippen molar-refractivity contribution in [2.24, 2.45) is 5.92 Å². The van der Waals surface area contributed by atoms with E-state index in [1.165, 1.54) is 5.56 Å². The third kappa shape index (κ3) is 2.76. The molecule has 1 aliphatic heterocycles. The minimum atomic E-state index is -0.132. The topological polar surface area (TPSA) is 50.7 Å². The molecule has 3 unspecified atom stereocenters. The zero-order valence-corrected chi connectivity index (χ0v) is 12.0. The molecule has 3 rings (SSSR count). The smallest absolute Gasteiger partial charge is 0.124 e. The highest BCUT2D eigenvalue weighted by atomic mass is 16.5. The first kappa shape index (κ1) is 13.7. The van der Waals surface area contributed by atoms with Crippen molar-refractivity contribution < 1.29 is 14.6 Å². The monoisotopic (exact) mass is 277 g/mol. The third-order valence-electron chi connectivity index (χ3n) is 4.50. The standard InChI is InChI=1S/C16H23NO3/c1-19-12-5-6-16-13(9-12)14(7-8-20-16)17-10-11-3-2-4-15(11)18/h5-6,9,11,14-15,17-18H,2-4,7-8,10H2,1H3. The number of aliphatic hydroxyl groups is 1. The van der Waals surface area contributed by atoms with E-state index in [4.69, 9.17) is 9.47 Å². The second kappa shape index (κ2) is 6.02. The number of hydrogen-bond acceptors (Lipinski definition) is 4. The Labute approximate surface area is 120 Å². The maximum Gasteiger partial charge on any atom is 0.124 e. The van der Waals surface area contributed by atoms with E-state index in [1.807, 2.05) is 12.1 Å². The molecule has 0 spiro atoms. The molecular weight excluding hydrogens is 254 g/mol. The zero-order chi connectivity index (χ0) is 13.9. The van der Waals surface area contributed by atoms with E-state index in [0.717, 1.165) is 50.3 Å². The molecule has 0 saturated heterocycles. The molecule has 0 bridgehead atoms. The Morgan fingerprint density at radius 2 is 2.25 bits per heavy atom. The second-order valence-corrected chi connectivity index (χ2v) is 5.76. The van der Waals surface area contributed by atoms with E-state index in [9.17, 15) is 5.11 Å². The maximum absolute atomic E-state index is 9.91. The number of aliphatic hydroxyl groups excluding tert-OH is 1. The van der Waals surface area contributed by atoms with Crippen LogP contribution in [0.4, 0.5) is 0 Å². The summed E-state index contributed by atoms with van der Waals surface area (Å²) in [4.78, 5) is 0. The van der Waals surface area contributed by atoms with Crippen molar-refractivity contribution in [3.8, 4) is 11.5 Å². The Kier molecular flexibility index (Phi) is 4.13. The molecule has 1 saturated carbocycles. The molecule has 0 radical (unpaired) electrons. The summed E-state index contributed by atoms with van der Waals surface area (Å²) in [6, 6.07) is 6.26. The van der Waals surface area contributed by atoms with Crippen LogP contribution in [0.5, 0.6) is 11.5 Å². The molecule has 1 aromatic carbocycles. The average Bonchev–Trinajstić information content (AvgIpc) is 2.89. The first-order valence-corrected chi connectivity index (χ1v) is 7.50. The summed E-state index contributed by atoms with van der Waals surface area (Å²) >= 11 is 0. The first-order valence-electron chi connectivity index (χ1n) is 7.50. The van der Waals surface area contributed by atoms with Gasteiger partial charge >= 0.3 is 0 Å². The normalized spacial score (nSPS) is 28.8. The quantitative estimate of drug-likeness (QED) is 0.886. The zero-order valence-electron chi connectivity index (χ0n) is 12.0. The van der Waals surface area contributed by atoms with Crippen LogP contribution < -0.4 is 14.8 Å². The molecule has 110 valence electrons. The van der Waals surface area contributed by atoms with Crippen molar-refractivity contribution in [3.63, 3.8) is 0 Å². The van der Waals surface area contributed by atoms with E-state index >= 15 is 0 Å². The Bertz CT molecular complexity index is 463. The van der Waals surface area contributed by atoms with Crippen LogP contribution in [0.1, 0.15) is 37.3 Å². The second-order valence-electron chi connectivity index (χ2n) is 5.76. The molecule has 1 aliphatic carbocycles. The van der Waals surface area contributed by atoms with E-state index in [0.29, 0.717) is 12.0 Å². The van der Waals surface area contributed by atoms with E-state index < -0.39 is 0 Å². The van der Waals surface area contributed by atoms with Gasteiger partial charge in [0.25, 0.3) is 0 Å². The molecule has 3 atom stereocenters. The summed E-state index contributed by atoms with van der Waals surface area (Å²) in [5, 5.41) is 13.5. The van der Waals surface area contributed by atoms with Gasteiger partial charge in [0, 0.05) is 24.6 Å². The lowest BCUT2D eigenvalue weighted by Crippen LogP contribution is -2.33. The molecule has 0 aromatic heterocycles. The summed E-state index contributed by atoms with van der Waals surface area (Å²) in [5.74, 6) is 2.20. The molecule has 4 nitrogen and oxygen atoms in total. The minimum Gasteiger partial charge on any atom is -0.497 e. The van der Waals surface area contributed by atoms with Crippen molar-refractivity contribution in [3.05, 3.63) is 23.8 Å². The van der Waals surface area contributed by atoms with E-state index in [1.54, 1.807) is 7.11 Å². The fourth-order valence-corrected chi connectivity index (χ4v) is 3.26. The fourth-order valence-electron chi connectivity index (χ4n) is 3.26. The lowest BCUT2D eigenvalue weighted by molar-refractivity contribution is 0.128. The van der Waals surface area contributed by atoms with Crippen molar-refractivity contribution >= 4 is 0 Å². The van der Waals surface area contributed by atoms with Crippen LogP contribution in [0, 0.1) is 5.92 Å². The molecule has 2 aliphatic rings. The van der Waals surface area contributed by atoms with Gasteiger partial charge in [-0.1, -0.05) is 6.42 Å². The Hall–Kier alpha value is -1.26. The summed E-state index contributed by atoms with van der Waals surface area (Å²) in [6.07, 6.45) is 4.05. The first-order chi connectivity index (χ1) is 9.78. The molecule has 1 fully saturated rings. The highest BCUT2D eigenvalue weighted by molar-refractivity contribution is 5.43. The van der Waals surface area contributed by atoms with Gasteiger partial charge in [0.15, 0.2) is 0 Å². The summed E-state index contributed by atoms with van der Waals surface area (Å²) in [7, 11) is 1.68. The number of methoxy groups -OCH3 is 1. The number of hydrogen-bond donors (Lipinski definition) is 2. The van der Waals surface area contributed by atoms with Crippen LogP contribution in [-0.4, -0.2) is 31.5 Å². The number of nitrogens with one attached hydrogen (secondary N) is 1. The van der Waals surface area contributed by atoms with Crippen LogP contribution in [0.25, 0.3) is 0 Å². The van der Waals surface area contributed by atoms with Gasteiger partial charge in [0.05, 0.1) is 19.8 Å². The highest BCUT2D eigenvalue weighted by Crippen LogP contribution is 2.35. The molecule has 0 amide bonds. The highest BCUT2D eigenvalue weighted by Gasteiger charge is 2.27. The molecule has 4 heteroatoms. The molecule has 20 heavy (non-hydrogen) atoms. The largest absolute Gasteiger partial charge is 0.497 e. The van der Waals surface area contributed by atoms with Crippen molar-refractivity contribution in [1.82, 2.24) is 5.32 Å². The number of ether oxygens (including phenoxy) is 2. The molecule has 2 N–H and O–H groups in total. The predicted molar refractivity (Wildman–Crippen MR) is 77.2 cm³/mol. The average molecular weight is 277 g/mol. The molecule has 1 aromatic rings. The summed E-state index contributed by atoms with van der Waals surface area (Å²) in [6.45, 7) is 1.62. The van der Waals surface area contributed by atoms with Crippen LogP contribution >= 0.6 is 0 Å². The fraction of sp³-hybridized carbons (Fsp3) is 0.625. The maximum atomic E-state index is 9.91. The summed E-state index contributed by atoms with van der Waals surface area (Å²) in [5.41, 5.74) is 1.17. The third-order valence-corrected chi connectivity index (χ3v) is 4.50. The number of rotatable bonds is 4. The minimum absolute atomic E-state index is 0.132. The van der Waals surface area contributed by atoms with E-state index in [-0.39, 0.29) is 6.10 Å².